The van der Waals surface area contributed by atoms with E-state index in [4.69, 9.17) is 11.6 Å². The number of nitrogens with zero attached hydrogens (tertiary/aromatic N) is 1. The van der Waals surface area contributed by atoms with Gasteiger partial charge in [0.1, 0.15) is 0 Å². The van der Waals surface area contributed by atoms with Crippen LogP contribution >= 0.6 is 11.6 Å². The second kappa shape index (κ2) is 4.12. The van der Waals surface area contributed by atoms with Crippen molar-refractivity contribution in [2.75, 3.05) is 0 Å². The molecular formula is C9H9ClNO. The van der Waals surface area contributed by atoms with Gasteiger partial charge in [-0.2, -0.15) is 0 Å². The van der Waals surface area contributed by atoms with Gasteiger partial charge in [0.2, 0.25) is 6.41 Å². The first-order valence-corrected chi connectivity index (χ1v) is 3.87. The molecule has 0 N–H and O–H groups in total. The Morgan fingerprint density at radius 1 is 1.42 bits per heavy atom. The maximum absolute atomic E-state index is 10.2. The van der Waals surface area contributed by atoms with Gasteiger partial charge in [-0.05, 0) is 17.7 Å². The van der Waals surface area contributed by atoms with Crippen LogP contribution in [0.1, 0.15) is 5.56 Å². The number of hydrogen-bond donors (Lipinski definition) is 0. The molecule has 12 heavy (non-hydrogen) atoms. The van der Waals surface area contributed by atoms with Gasteiger partial charge in [0.15, 0.2) is 0 Å². The van der Waals surface area contributed by atoms with E-state index in [2.05, 4.69) is 7.05 Å². The first-order valence-electron chi connectivity index (χ1n) is 3.49. The van der Waals surface area contributed by atoms with E-state index in [9.17, 15) is 4.79 Å². The van der Waals surface area contributed by atoms with Crippen LogP contribution < -0.4 is 0 Å². The molecule has 0 unspecified atom stereocenters. The van der Waals surface area contributed by atoms with Crippen LogP contribution in [-0.4, -0.2) is 11.3 Å². The average molecular weight is 183 g/mol. The summed E-state index contributed by atoms with van der Waals surface area (Å²) in [5.74, 6) is 0. The number of halogens is 1. The largest absolute Gasteiger partial charge is 0.339 e. The Morgan fingerprint density at radius 2 is 2.00 bits per heavy atom. The molecule has 0 fully saturated rings. The number of carbonyl (C=O) groups is 1. The minimum absolute atomic E-state index is 0.515. The fraction of sp³-hybridized carbons (Fsp3) is 0.111. The normalized spacial score (nSPS) is 9.50. The highest BCUT2D eigenvalue weighted by Crippen LogP contribution is 2.10. The molecule has 0 aliphatic heterocycles. The van der Waals surface area contributed by atoms with E-state index < -0.39 is 0 Å². The molecule has 0 spiro atoms. The molecule has 0 aliphatic rings. The standard InChI is InChI=1S/C9H9ClNO/c1-11(7-12)6-8-2-4-9(10)5-3-8/h2-5,7H,1,6H2. The molecule has 1 radical (unpaired) electrons. The molecule has 0 saturated heterocycles. The molecule has 1 amide bonds. The molecule has 2 nitrogen and oxygen atoms in total. The van der Waals surface area contributed by atoms with Gasteiger partial charge in [0.25, 0.3) is 0 Å². The average Bonchev–Trinajstić information content (AvgIpc) is 2.09. The van der Waals surface area contributed by atoms with Gasteiger partial charge in [-0.3, -0.25) is 4.79 Å². The van der Waals surface area contributed by atoms with Gasteiger partial charge in [-0.1, -0.05) is 23.7 Å². The third-order valence-corrected chi connectivity index (χ3v) is 1.70. The fourth-order valence-electron chi connectivity index (χ4n) is 0.862. The number of carbonyl (C=O) groups excluding carboxylic acids is 1. The summed E-state index contributed by atoms with van der Waals surface area (Å²) in [6, 6.07) is 7.30. The smallest absolute Gasteiger partial charge is 0.210 e. The lowest BCUT2D eigenvalue weighted by Crippen LogP contribution is -2.11. The van der Waals surface area contributed by atoms with Crippen molar-refractivity contribution in [2.24, 2.45) is 0 Å². The Bertz CT molecular complexity index is 258. The van der Waals surface area contributed by atoms with Crippen LogP contribution in [0.25, 0.3) is 0 Å². The first kappa shape index (κ1) is 9.07. The SMILES string of the molecule is [CH2]N(C=O)Cc1ccc(Cl)cc1. The van der Waals surface area contributed by atoms with Gasteiger partial charge in [0, 0.05) is 18.6 Å². The van der Waals surface area contributed by atoms with E-state index in [1.54, 1.807) is 12.1 Å². The van der Waals surface area contributed by atoms with Crippen LogP contribution in [0.4, 0.5) is 0 Å². The monoisotopic (exact) mass is 182 g/mol. The first-order chi connectivity index (χ1) is 5.72. The van der Waals surface area contributed by atoms with E-state index in [-0.39, 0.29) is 0 Å². The quantitative estimate of drug-likeness (QED) is 0.656. The van der Waals surface area contributed by atoms with Crippen LogP contribution in [0.5, 0.6) is 0 Å². The van der Waals surface area contributed by atoms with Crippen molar-refractivity contribution in [3.8, 4) is 0 Å². The lowest BCUT2D eigenvalue weighted by molar-refractivity contribution is -0.116. The van der Waals surface area contributed by atoms with E-state index >= 15 is 0 Å². The molecule has 0 aromatic heterocycles. The number of amides is 1. The Hall–Kier alpha value is -1.02. The summed E-state index contributed by atoms with van der Waals surface area (Å²) in [4.78, 5) is 11.5. The molecule has 63 valence electrons. The molecule has 0 aliphatic carbocycles. The Labute approximate surface area is 76.8 Å². The predicted molar refractivity (Wildman–Crippen MR) is 48.4 cm³/mol. The Balaban J connectivity index is 2.64. The van der Waals surface area contributed by atoms with Crippen molar-refractivity contribution in [1.82, 2.24) is 4.90 Å². The molecule has 0 heterocycles. The zero-order valence-corrected chi connectivity index (χ0v) is 7.29. The summed E-state index contributed by atoms with van der Waals surface area (Å²) in [6.45, 7) is 0.515. The third-order valence-electron chi connectivity index (χ3n) is 1.45. The van der Waals surface area contributed by atoms with Crippen molar-refractivity contribution in [3.05, 3.63) is 41.9 Å². The Morgan fingerprint density at radius 3 is 2.50 bits per heavy atom. The van der Waals surface area contributed by atoms with Crippen LogP contribution in [0, 0.1) is 7.05 Å². The van der Waals surface area contributed by atoms with E-state index in [1.807, 2.05) is 12.1 Å². The highest BCUT2D eigenvalue weighted by Gasteiger charge is 1.96. The minimum atomic E-state index is 0.515. The highest BCUT2D eigenvalue weighted by molar-refractivity contribution is 6.30. The summed E-state index contributed by atoms with van der Waals surface area (Å²) < 4.78 is 0. The van der Waals surface area contributed by atoms with Gasteiger partial charge in [-0.25, -0.2) is 0 Å². The van der Waals surface area contributed by atoms with Gasteiger partial charge in [-0.15, -0.1) is 0 Å². The number of benzene rings is 1. The second-order valence-corrected chi connectivity index (χ2v) is 2.92. The van der Waals surface area contributed by atoms with Crippen LogP contribution in [0.15, 0.2) is 24.3 Å². The Kier molecular flexibility index (Phi) is 3.11. The zero-order valence-electron chi connectivity index (χ0n) is 6.53. The number of rotatable bonds is 3. The van der Waals surface area contributed by atoms with Gasteiger partial charge in [0.05, 0.1) is 0 Å². The second-order valence-electron chi connectivity index (χ2n) is 2.48. The van der Waals surface area contributed by atoms with Gasteiger partial charge < -0.3 is 4.90 Å². The van der Waals surface area contributed by atoms with Crippen LogP contribution in [0.2, 0.25) is 5.02 Å². The summed E-state index contributed by atoms with van der Waals surface area (Å²) in [5, 5.41) is 0.695. The lowest BCUT2D eigenvalue weighted by atomic mass is 10.2. The van der Waals surface area contributed by atoms with Crippen molar-refractivity contribution in [2.45, 2.75) is 6.54 Å². The van der Waals surface area contributed by atoms with Gasteiger partial charge >= 0.3 is 0 Å². The molecule has 3 heteroatoms. The lowest BCUT2D eigenvalue weighted by Gasteiger charge is -2.09. The molecule has 1 aromatic rings. The summed E-state index contributed by atoms with van der Waals surface area (Å²) in [7, 11) is 3.51. The van der Waals surface area contributed by atoms with E-state index in [1.165, 1.54) is 4.90 Å². The third kappa shape index (κ3) is 2.55. The van der Waals surface area contributed by atoms with E-state index in [0.717, 1.165) is 5.56 Å². The molecule has 0 atom stereocenters. The minimum Gasteiger partial charge on any atom is -0.339 e. The maximum Gasteiger partial charge on any atom is 0.210 e. The molecule has 0 saturated carbocycles. The van der Waals surface area contributed by atoms with Crippen molar-refractivity contribution in [1.29, 1.82) is 0 Å². The van der Waals surface area contributed by atoms with Crippen molar-refractivity contribution < 1.29 is 4.79 Å². The van der Waals surface area contributed by atoms with Crippen LogP contribution in [0.3, 0.4) is 0 Å². The van der Waals surface area contributed by atoms with Crippen LogP contribution in [-0.2, 0) is 11.3 Å². The van der Waals surface area contributed by atoms with E-state index in [0.29, 0.717) is 18.0 Å². The number of hydrogen-bond acceptors (Lipinski definition) is 1. The topological polar surface area (TPSA) is 20.3 Å². The molecule has 0 bridgehead atoms. The van der Waals surface area contributed by atoms with Crippen molar-refractivity contribution >= 4 is 18.0 Å². The van der Waals surface area contributed by atoms with Crippen molar-refractivity contribution in [3.63, 3.8) is 0 Å². The molecule has 1 aromatic carbocycles. The zero-order chi connectivity index (χ0) is 8.97. The maximum atomic E-state index is 10.2. The highest BCUT2D eigenvalue weighted by atomic mass is 35.5. The molecular weight excluding hydrogens is 174 g/mol. The summed E-state index contributed by atoms with van der Waals surface area (Å²) in [6.07, 6.45) is 0.689. The summed E-state index contributed by atoms with van der Waals surface area (Å²) in [5.41, 5.74) is 1.02. The predicted octanol–water partition coefficient (Wildman–Crippen LogP) is 2.09. The summed E-state index contributed by atoms with van der Waals surface area (Å²) >= 11 is 5.68. The molecule has 1 rings (SSSR count). The fourth-order valence-corrected chi connectivity index (χ4v) is 0.988.